The average molecular weight is 423 g/mol. The molecule has 1 fully saturated rings. The van der Waals surface area contributed by atoms with Gasteiger partial charge in [-0.1, -0.05) is 56.4 Å². The summed E-state index contributed by atoms with van der Waals surface area (Å²) in [5.41, 5.74) is 3.15. The van der Waals surface area contributed by atoms with E-state index in [1.54, 1.807) is 11.3 Å². The zero-order valence-corrected chi connectivity index (χ0v) is 18.8. The summed E-state index contributed by atoms with van der Waals surface area (Å²) in [6.45, 7) is 12.0. The predicted molar refractivity (Wildman–Crippen MR) is 126 cm³/mol. The first-order valence-corrected chi connectivity index (χ1v) is 11.4. The summed E-state index contributed by atoms with van der Waals surface area (Å²) in [6, 6.07) is 16.3. The number of nitrogens with zero attached hydrogens (tertiary/aromatic N) is 3. The number of aromatic nitrogens is 1. The van der Waals surface area contributed by atoms with Crippen molar-refractivity contribution in [3.63, 3.8) is 0 Å². The average Bonchev–Trinajstić information content (AvgIpc) is 3.18. The van der Waals surface area contributed by atoms with E-state index in [0.29, 0.717) is 6.54 Å². The van der Waals surface area contributed by atoms with Crippen LogP contribution in [0, 0.1) is 0 Å². The van der Waals surface area contributed by atoms with Crippen LogP contribution in [0.1, 0.15) is 36.7 Å². The smallest absolute Gasteiger partial charge is 0.251 e. The molecular formula is C24H30N4OS. The van der Waals surface area contributed by atoms with Crippen LogP contribution in [0.15, 0.2) is 48.5 Å². The molecular weight excluding hydrogens is 392 g/mol. The van der Waals surface area contributed by atoms with Crippen molar-refractivity contribution in [2.75, 3.05) is 44.2 Å². The molecule has 1 N–H and O–H groups in total. The molecule has 1 aliphatic heterocycles. The highest BCUT2D eigenvalue weighted by Gasteiger charge is 2.20. The van der Waals surface area contributed by atoms with Gasteiger partial charge in [0.1, 0.15) is 0 Å². The van der Waals surface area contributed by atoms with Crippen molar-refractivity contribution in [2.45, 2.75) is 26.2 Å². The molecule has 0 radical (unpaired) electrons. The summed E-state index contributed by atoms with van der Waals surface area (Å²) in [5.74, 6) is 0.00331. The van der Waals surface area contributed by atoms with Crippen molar-refractivity contribution < 1.29 is 4.79 Å². The minimum absolute atomic E-state index is 0.00331. The SMILES string of the molecule is CC(C)(C)c1ccc(C(=O)NCCN2CCN(c3nc4ccccc4s3)CC2)cc1. The van der Waals surface area contributed by atoms with E-state index < -0.39 is 0 Å². The molecule has 0 atom stereocenters. The predicted octanol–water partition coefficient (Wildman–Crippen LogP) is 4.15. The van der Waals surface area contributed by atoms with Crippen LogP contribution in [0.4, 0.5) is 5.13 Å². The summed E-state index contributed by atoms with van der Waals surface area (Å²) in [6.07, 6.45) is 0. The Morgan fingerprint density at radius 3 is 2.40 bits per heavy atom. The van der Waals surface area contributed by atoms with Crippen LogP contribution in [0.5, 0.6) is 0 Å². The third-order valence-electron chi connectivity index (χ3n) is 5.65. The van der Waals surface area contributed by atoms with Crippen LogP contribution in [-0.2, 0) is 5.41 Å². The van der Waals surface area contributed by atoms with Gasteiger partial charge in [-0.3, -0.25) is 9.69 Å². The molecule has 1 aliphatic rings. The zero-order chi connectivity index (χ0) is 21.1. The first kappa shape index (κ1) is 20.8. The van der Waals surface area contributed by atoms with E-state index in [1.807, 2.05) is 18.2 Å². The highest BCUT2D eigenvalue weighted by molar-refractivity contribution is 7.22. The van der Waals surface area contributed by atoms with E-state index in [1.165, 1.54) is 10.3 Å². The molecule has 3 aromatic rings. The zero-order valence-electron chi connectivity index (χ0n) is 18.0. The number of carbonyl (C=O) groups excluding carboxylic acids is 1. The molecule has 0 spiro atoms. The first-order valence-electron chi connectivity index (χ1n) is 10.6. The monoisotopic (exact) mass is 422 g/mol. The van der Waals surface area contributed by atoms with E-state index in [4.69, 9.17) is 4.98 Å². The molecule has 158 valence electrons. The summed E-state index contributed by atoms with van der Waals surface area (Å²) in [4.78, 5) is 22.0. The van der Waals surface area contributed by atoms with Gasteiger partial charge in [0.25, 0.3) is 5.91 Å². The van der Waals surface area contributed by atoms with E-state index in [2.05, 4.69) is 66.2 Å². The maximum atomic E-state index is 12.4. The van der Waals surface area contributed by atoms with Crippen molar-refractivity contribution in [2.24, 2.45) is 0 Å². The highest BCUT2D eigenvalue weighted by Crippen LogP contribution is 2.29. The molecule has 0 unspecified atom stereocenters. The van der Waals surface area contributed by atoms with Crippen molar-refractivity contribution in [3.8, 4) is 0 Å². The summed E-state index contributed by atoms with van der Waals surface area (Å²) >= 11 is 1.77. The van der Waals surface area contributed by atoms with Crippen LogP contribution < -0.4 is 10.2 Å². The lowest BCUT2D eigenvalue weighted by Crippen LogP contribution is -2.48. The van der Waals surface area contributed by atoms with Crippen LogP contribution in [0.3, 0.4) is 0 Å². The number of nitrogens with one attached hydrogen (secondary N) is 1. The van der Waals surface area contributed by atoms with Gasteiger partial charge in [0, 0.05) is 44.8 Å². The fraction of sp³-hybridized carbons (Fsp3) is 0.417. The number of hydrogen-bond acceptors (Lipinski definition) is 5. The third kappa shape index (κ3) is 4.82. The van der Waals surface area contributed by atoms with Crippen molar-refractivity contribution >= 4 is 32.6 Å². The number of piperazine rings is 1. The number of carbonyl (C=O) groups is 1. The highest BCUT2D eigenvalue weighted by atomic mass is 32.1. The van der Waals surface area contributed by atoms with Crippen molar-refractivity contribution in [1.29, 1.82) is 0 Å². The normalized spacial score (nSPS) is 15.5. The summed E-state index contributed by atoms with van der Waals surface area (Å²) in [5, 5.41) is 4.17. The first-order chi connectivity index (χ1) is 14.4. The Morgan fingerprint density at radius 1 is 1.03 bits per heavy atom. The fourth-order valence-corrected chi connectivity index (χ4v) is 4.73. The van der Waals surface area contributed by atoms with Crippen LogP contribution in [0.2, 0.25) is 0 Å². The van der Waals surface area contributed by atoms with E-state index in [-0.39, 0.29) is 11.3 Å². The van der Waals surface area contributed by atoms with E-state index in [9.17, 15) is 4.79 Å². The van der Waals surface area contributed by atoms with Gasteiger partial charge in [-0.15, -0.1) is 0 Å². The number of amides is 1. The Morgan fingerprint density at radius 2 is 1.73 bits per heavy atom. The van der Waals surface area contributed by atoms with Gasteiger partial charge in [-0.25, -0.2) is 4.98 Å². The molecule has 5 nitrogen and oxygen atoms in total. The molecule has 4 rings (SSSR count). The second-order valence-electron chi connectivity index (χ2n) is 8.88. The van der Waals surface area contributed by atoms with E-state index in [0.717, 1.165) is 48.9 Å². The minimum Gasteiger partial charge on any atom is -0.351 e. The Kier molecular flexibility index (Phi) is 6.06. The number of thiazole rings is 1. The largest absolute Gasteiger partial charge is 0.351 e. The quantitative estimate of drug-likeness (QED) is 0.671. The molecule has 1 amide bonds. The lowest BCUT2D eigenvalue weighted by molar-refractivity contribution is 0.0947. The Bertz CT molecular complexity index is 965. The van der Waals surface area contributed by atoms with Gasteiger partial charge in [0.2, 0.25) is 0 Å². The van der Waals surface area contributed by atoms with Crippen LogP contribution >= 0.6 is 11.3 Å². The summed E-state index contributed by atoms with van der Waals surface area (Å²) < 4.78 is 1.24. The second kappa shape index (κ2) is 8.74. The lowest BCUT2D eigenvalue weighted by atomic mass is 9.87. The number of hydrogen-bond donors (Lipinski definition) is 1. The molecule has 2 aromatic carbocycles. The fourth-order valence-electron chi connectivity index (χ4n) is 3.71. The second-order valence-corrected chi connectivity index (χ2v) is 9.89. The Balaban J connectivity index is 1.22. The molecule has 0 bridgehead atoms. The van der Waals surface area contributed by atoms with Gasteiger partial charge >= 0.3 is 0 Å². The molecule has 0 saturated carbocycles. The third-order valence-corrected chi connectivity index (χ3v) is 6.75. The Hall–Kier alpha value is -2.44. The van der Waals surface area contributed by atoms with Crippen molar-refractivity contribution in [3.05, 3.63) is 59.7 Å². The van der Waals surface area contributed by atoms with Gasteiger partial charge < -0.3 is 10.2 Å². The molecule has 2 heterocycles. The van der Waals surface area contributed by atoms with E-state index >= 15 is 0 Å². The van der Waals surface area contributed by atoms with Gasteiger partial charge in [-0.05, 0) is 35.2 Å². The molecule has 6 heteroatoms. The van der Waals surface area contributed by atoms with Gasteiger partial charge in [0.15, 0.2) is 5.13 Å². The minimum atomic E-state index is 0.00331. The van der Waals surface area contributed by atoms with Crippen LogP contribution in [-0.4, -0.2) is 55.1 Å². The maximum Gasteiger partial charge on any atom is 0.251 e. The van der Waals surface area contributed by atoms with Gasteiger partial charge in [-0.2, -0.15) is 0 Å². The van der Waals surface area contributed by atoms with Gasteiger partial charge in [0.05, 0.1) is 10.2 Å². The maximum absolute atomic E-state index is 12.4. The summed E-state index contributed by atoms with van der Waals surface area (Å²) in [7, 11) is 0. The number of benzene rings is 2. The standard InChI is InChI=1S/C24H30N4OS/c1-24(2,3)19-10-8-18(9-11-19)22(29)25-12-13-27-14-16-28(17-15-27)23-26-20-6-4-5-7-21(20)30-23/h4-11H,12-17H2,1-3H3,(H,25,29). The molecule has 1 saturated heterocycles. The number of fused-ring (bicyclic) bond motifs is 1. The number of rotatable bonds is 5. The Labute approximate surface area is 182 Å². The molecule has 30 heavy (non-hydrogen) atoms. The van der Waals surface area contributed by atoms with Crippen molar-refractivity contribution in [1.82, 2.24) is 15.2 Å². The molecule has 1 aromatic heterocycles. The molecule has 0 aliphatic carbocycles. The number of anilines is 1. The van der Waals surface area contributed by atoms with Crippen LogP contribution in [0.25, 0.3) is 10.2 Å². The number of para-hydroxylation sites is 1. The topological polar surface area (TPSA) is 48.5 Å². The lowest BCUT2D eigenvalue weighted by Gasteiger charge is -2.34.